The minimum absolute atomic E-state index is 0.188. The van der Waals surface area contributed by atoms with Gasteiger partial charge < -0.3 is 20.9 Å². The minimum Gasteiger partial charge on any atom is -0.455 e. The first-order valence-electron chi connectivity index (χ1n) is 10.2. The monoisotopic (exact) mass is 424 g/mol. The van der Waals surface area contributed by atoms with Crippen LogP contribution in [-0.4, -0.2) is 5.78 Å². The lowest BCUT2D eigenvalue weighted by atomic mass is 10.0. The van der Waals surface area contributed by atoms with Crippen molar-refractivity contribution in [2.45, 2.75) is 13.8 Å². The zero-order chi connectivity index (χ0) is 22.7. The van der Waals surface area contributed by atoms with Crippen molar-refractivity contribution in [2.24, 2.45) is 0 Å². The number of nitrogen functional groups attached to an aromatic ring is 2. The van der Waals surface area contributed by atoms with Gasteiger partial charge >= 0.3 is 0 Å². The minimum atomic E-state index is -0.188. The number of hydrogen-bond acceptors (Lipinski definition) is 5. The molecule has 0 heterocycles. The van der Waals surface area contributed by atoms with Crippen molar-refractivity contribution in [2.75, 3.05) is 11.5 Å². The summed E-state index contributed by atoms with van der Waals surface area (Å²) in [5.41, 5.74) is 16.2. The number of aryl methyl sites for hydroxylation is 2. The van der Waals surface area contributed by atoms with E-state index >= 15 is 0 Å². The van der Waals surface area contributed by atoms with Crippen LogP contribution < -0.4 is 20.9 Å². The van der Waals surface area contributed by atoms with E-state index in [0.29, 0.717) is 45.5 Å². The van der Waals surface area contributed by atoms with Gasteiger partial charge in [0, 0.05) is 11.1 Å². The summed E-state index contributed by atoms with van der Waals surface area (Å²) in [4.78, 5) is 13.0. The van der Waals surface area contributed by atoms with E-state index in [2.05, 4.69) is 0 Å². The van der Waals surface area contributed by atoms with E-state index in [4.69, 9.17) is 20.9 Å². The molecular formula is C27H24N2O3. The van der Waals surface area contributed by atoms with Gasteiger partial charge in [0.1, 0.15) is 23.0 Å². The molecular weight excluding hydrogens is 400 g/mol. The number of rotatable bonds is 6. The van der Waals surface area contributed by atoms with Crippen LogP contribution in [0.5, 0.6) is 23.0 Å². The Bertz CT molecular complexity index is 1160. The summed E-state index contributed by atoms with van der Waals surface area (Å²) in [6.07, 6.45) is 0. The molecule has 0 unspecified atom stereocenters. The predicted octanol–water partition coefficient (Wildman–Crippen LogP) is 6.28. The van der Waals surface area contributed by atoms with E-state index in [0.717, 1.165) is 11.1 Å². The SMILES string of the molecule is Cc1ccc(Oc2ccc(C(=O)c3ccc(Oc4ccc(C)cc4)c(N)c3)cc2N)cc1. The number of anilines is 2. The van der Waals surface area contributed by atoms with Gasteiger partial charge in [0.2, 0.25) is 0 Å². The molecule has 0 fully saturated rings. The van der Waals surface area contributed by atoms with E-state index in [-0.39, 0.29) is 5.78 Å². The molecule has 4 aromatic carbocycles. The molecule has 4 rings (SSSR count). The van der Waals surface area contributed by atoms with Crippen molar-refractivity contribution in [1.29, 1.82) is 0 Å². The zero-order valence-corrected chi connectivity index (χ0v) is 18.0. The quantitative estimate of drug-likeness (QED) is 0.281. The molecule has 0 aliphatic carbocycles. The summed E-state index contributed by atoms with van der Waals surface area (Å²) in [6.45, 7) is 4.01. The molecule has 0 atom stereocenters. The third kappa shape index (κ3) is 4.73. The van der Waals surface area contributed by atoms with Crippen LogP contribution in [0.3, 0.4) is 0 Å². The number of nitrogens with two attached hydrogens (primary N) is 2. The molecule has 0 spiro atoms. The number of hydrogen-bond donors (Lipinski definition) is 2. The Kier molecular flexibility index (Phi) is 5.81. The maximum absolute atomic E-state index is 13.0. The maximum atomic E-state index is 13.0. The molecule has 0 amide bonds. The highest BCUT2D eigenvalue weighted by Gasteiger charge is 2.14. The van der Waals surface area contributed by atoms with Crippen LogP contribution in [0.15, 0.2) is 84.9 Å². The van der Waals surface area contributed by atoms with Crippen molar-refractivity contribution in [3.05, 3.63) is 107 Å². The summed E-state index contributed by atoms with van der Waals surface area (Å²) >= 11 is 0. The normalized spacial score (nSPS) is 10.6. The zero-order valence-electron chi connectivity index (χ0n) is 18.0. The number of carbonyl (C=O) groups is 1. The molecule has 5 heteroatoms. The second-order valence-corrected chi connectivity index (χ2v) is 7.66. The first-order valence-corrected chi connectivity index (χ1v) is 10.2. The summed E-state index contributed by atoms with van der Waals surface area (Å²) < 4.78 is 11.7. The average molecular weight is 425 g/mol. The van der Waals surface area contributed by atoms with Crippen molar-refractivity contribution in [3.8, 4) is 23.0 Å². The molecule has 0 bridgehead atoms. The lowest BCUT2D eigenvalue weighted by Crippen LogP contribution is -2.04. The molecule has 32 heavy (non-hydrogen) atoms. The molecule has 4 aromatic rings. The smallest absolute Gasteiger partial charge is 0.193 e. The van der Waals surface area contributed by atoms with Gasteiger partial charge in [0.05, 0.1) is 11.4 Å². The standard InChI is InChI=1S/C27H24N2O3/c1-17-3-9-21(10-4-17)31-25-13-7-19(15-23(25)28)27(30)20-8-14-26(24(29)16-20)32-22-11-5-18(2)6-12-22/h3-16H,28-29H2,1-2H3. The molecule has 0 saturated heterocycles. The second-order valence-electron chi connectivity index (χ2n) is 7.66. The van der Waals surface area contributed by atoms with Crippen LogP contribution in [0.25, 0.3) is 0 Å². The van der Waals surface area contributed by atoms with Crippen LogP contribution in [0.4, 0.5) is 11.4 Å². The van der Waals surface area contributed by atoms with Crippen LogP contribution in [-0.2, 0) is 0 Å². The fourth-order valence-electron chi connectivity index (χ4n) is 3.20. The number of carbonyl (C=O) groups excluding carboxylic acids is 1. The van der Waals surface area contributed by atoms with Crippen LogP contribution in [0, 0.1) is 13.8 Å². The van der Waals surface area contributed by atoms with E-state index < -0.39 is 0 Å². The molecule has 0 saturated carbocycles. The highest BCUT2D eigenvalue weighted by molar-refractivity contribution is 6.10. The molecule has 5 nitrogen and oxygen atoms in total. The van der Waals surface area contributed by atoms with E-state index in [1.807, 2.05) is 62.4 Å². The van der Waals surface area contributed by atoms with E-state index in [1.54, 1.807) is 36.4 Å². The fourth-order valence-corrected chi connectivity index (χ4v) is 3.20. The molecule has 4 N–H and O–H groups in total. The van der Waals surface area contributed by atoms with Crippen molar-refractivity contribution < 1.29 is 14.3 Å². The Morgan fingerprint density at radius 3 is 1.31 bits per heavy atom. The van der Waals surface area contributed by atoms with E-state index in [1.165, 1.54) is 0 Å². The molecule has 160 valence electrons. The molecule has 0 aliphatic heterocycles. The van der Waals surface area contributed by atoms with Gasteiger partial charge in [-0.15, -0.1) is 0 Å². The number of benzene rings is 4. The molecule has 0 aliphatic rings. The molecule has 0 radical (unpaired) electrons. The lowest BCUT2D eigenvalue weighted by Gasteiger charge is -2.12. The van der Waals surface area contributed by atoms with Crippen molar-refractivity contribution >= 4 is 17.2 Å². The van der Waals surface area contributed by atoms with Gasteiger partial charge in [-0.05, 0) is 74.5 Å². The summed E-state index contributed by atoms with van der Waals surface area (Å²) in [7, 11) is 0. The topological polar surface area (TPSA) is 87.6 Å². The van der Waals surface area contributed by atoms with Gasteiger partial charge in [-0.25, -0.2) is 0 Å². The van der Waals surface area contributed by atoms with Crippen molar-refractivity contribution in [3.63, 3.8) is 0 Å². The summed E-state index contributed by atoms with van der Waals surface area (Å²) in [5.74, 6) is 2.15. The van der Waals surface area contributed by atoms with Crippen LogP contribution in [0.1, 0.15) is 27.0 Å². The lowest BCUT2D eigenvalue weighted by molar-refractivity contribution is 0.103. The Morgan fingerprint density at radius 1 is 0.594 bits per heavy atom. The first-order chi connectivity index (χ1) is 15.4. The van der Waals surface area contributed by atoms with Crippen LogP contribution >= 0.6 is 0 Å². The van der Waals surface area contributed by atoms with Gasteiger partial charge in [-0.2, -0.15) is 0 Å². The van der Waals surface area contributed by atoms with Crippen molar-refractivity contribution in [1.82, 2.24) is 0 Å². The second kappa shape index (κ2) is 8.86. The summed E-state index contributed by atoms with van der Waals surface area (Å²) in [6, 6.07) is 25.3. The predicted molar refractivity (Wildman–Crippen MR) is 128 cm³/mol. The van der Waals surface area contributed by atoms with Crippen LogP contribution in [0.2, 0.25) is 0 Å². The highest BCUT2D eigenvalue weighted by atomic mass is 16.5. The summed E-state index contributed by atoms with van der Waals surface area (Å²) in [5, 5.41) is 0. The van der Waals surface area contributed by atoms with Gasteiger partial charge in [-0.1, -0.05) is 35.4 Å². The maximum Gasteiger partial charge on any atom is 0.193 e. The third-order valence-corrected chi connectivity index (χ3v) is 5.04. The Morgan fingerprint density at radius 2 is 0.969 bits per heavy atom. The Balaban J connectivity index is 1.51. The van der Waals surface area contributed by atoms with E-state index in [9.17, 15) is 4.79 Å². The fraction of sp³-hybridized carbons (Fsp3) is 0.0741. The number of ether oxygens (including phenoxy) is 2. The highest BCUT2D eigenvalue weighted by Crippen LogP contribution is 2.31. The largest absolute Gasteiger partial charge is 0.455 e. The average Bonchev–Trinajstić information content (AvgIpc) is 2.79. The van der Waals surface area contributed by atoms with Gasteiger partial charge in [-0.3, -0.25) is 4.79 Å². The Hall–Kier alpha value is -4.25. The Labute approximate surface area is 187 Å². The third-order valence-electron chi connectivity index (χ3n) is 5.04. The van der Waals surface area contributed by atoms with Gasteiger partial charge in [0.15, 0.2) is 5.78 Å². The number of ketones is 1. The molecule has 0 aromatic heterocycles. The first kappa shape index (κ1) is 21.0. The van der Waals surface area contributed by atoms with Gasteiger partial charge in [0.25, 0.3) is 0 Å².